The molecule has 8 nitrogen and oxygen atoms in total. The molecule has 0 fully saturated rings. The van der Waals surface area contributed by atoms with Crippen molar-refractivity contribution in [2.75, 3.05) is 5.32 Å². The van der Waals surface area contributed by atoms with Gasteiger partial charge >= 0.3 is 0 Å². The van der Waals surface area contributed by atoms with Crippen molar-refractivity contribution >= 4 is 22.6 Å². The zero-order valence-corrected chi connectivity index (χ0v) is 14.3. The summed E-state index contributed by atoms with van der Waals surface area (Å²) in [4.78, 5) is 15.6. The van der Waals surface area contributed by atoms with E-state index in [-0.39, 0.29) is 5.91 Å². The lowest BCUT2D eigenvalue weighted by atomic mass is 10.2. The Balaban J connectivity index is 1.64. The lowest BCUT2D eigenvalue weighted by molar-refractivity contribution is -0.114. The summed E-state index contributed by atoms with van der Waals surface area (Å²) in [5, 5.41) is 15.0. The van der Waals surface area contributed by atoms with Crippen molar-refractivity contribution in [1.29, 1.82) is 0 Å². The van der Waals surface area contributed by atoms with Crippen LogP contribution in [-0.2, 0) is 11.3 Å². The molecule has 0 unspecified atom stereocenters. The number of nitrogens with zero attached hydrogens (tertiary/aromatic N) is 5. The largest absolute Gasteiger partial charge is 0.334 e. The number of rotatable bonds is 4. The van der Waals surface area contributed by atoms with Crippen LogP contribution in [0.3, 0.4) is 0 Å². The molecule has 0 atom stereocenters. The van der Waals surface area contributed by atoms with E-state index in [0.29, 0.717) is 17.4 Å². The standard InChI is InChI=1S/C18H16N6O2/c1-3-24-16-10-13(6-9-15(16)21-23-24)17-20-18(26-22-17)12-4-7-14(8-5-12)19-11(2)25/h4-10H,3H2,1-2H3,(H,19,25). The number of hydrogen-bond donors (Lipinski definition) is 1. The Morgan fingerprint density at radius 2 is 1.92 bits per heavy atom. The molecule has 2 aromatic heterocycles. The molecule has 26 heavy (non-hydrogen) atoms. The lowest BCUT2D eigenvalue weighted by Crippen LogP contribution is -2.05. The molecule has 1 amide bonds. The van der Waals surface area contributed by atoms with E-state index >= 15 is 0 Å². The Bertz CT molecular complexity index is 1080. The van der Waals surface area contributed by atoms with Gasteiger partial charge in [-0.2, -0.15) is 4.98 Å². The van der Waals surface area contributed by atoms with E-state index in [2.05, 4.69) is 25.8 Å². The minimum absolute atomic E-state index is 0.117. The molecule has 4 aromatic rings. The predicted molar refractivity (Wildman–Crippen MR) is 96.2 cm³/mol. The third kappa shape index (κ3) is 2.92. The van der Waals surface area contributed by atoms with Crippen LogP contribution in [0.4, 0.5) is 5.69 Å². The second-order valence-electron chi connectivity index (χ2n) is 5.79. The number of amides is 1. The highest BCUT2D eigenvalue weighted by Crippen LogP contribution is 2.25. The van der Waals surface area contributed by atoms with Gasteiger partial charge in [0.1, 0.15) is 5.52 Å². The first-order valence-corrected chi connectivity index (χ1v) is 8.19. The van der Waals surface area contributed by atoms with Gasteiger partial charge in [-0.25, -0.2) is 4.68 Å². The zero-order valence-electron chi connectivity index (χ0n) is 14.3. The molecule has 0 saturated carbocycles. The van der Waals surface area contributed by atoms with Crippen LogP contribution >= 0.6 is 0 Å². The molecular formula is C18H16N6O2. The maximum atomic E-state index is 11.1. The van der Waals surface area contributed by atoms with E-state index in [4.69, 9.17) is 4.52 Å². The number of aromatic nitrogens is 5. The molecule has 2 heterocycles. The van der Waals surface area contributed by atoms with Gasteiger partial charge in [-0.1, -0.05) is 10.4 Å². The zero-order chi connectivity index (χ0) is 18.1. The van der Waals surface area contributed by atoms with Crippen LogP contribution in [0.5, 0.6) is 0 Å². The minimum Gasteiger partial charge on any atom is -0.334 e. The number of hydrogen-bond acceptors (Lipinski definition) is 6. The maximum absolute atomic E-state index is 11.1. The molecule has 4 rings (SSSR count). The van der Waals surface area contributed by atoms with Crippen molar-refractivity contribution in [2.45, 2.75) is 20.4 Å². The summed E-state index contributed by atoms with van der Waals surface area (Å²) in [7, 11) is 0. The molecule has 1 N–H and O–H groups in total. The number of fused-ring (bicyclic) bond motifs is 1. The van der Waals surface area contributed by atoms with Gasteiger partial charge in [0.05, 0.1) is 5.52 Å². The van der Waals surface area contributed by atoms with E-state index < -0.39 is 0 Å². The Kier molecular flexibility index (Phi) is 3.92. The molecule has 0 aliphatic heterocycles. The fourth-order valence-electron chi connectivity index (χ4n) is 2.70. The van der Waals surface area contributed by atoms with E-state index in [1.807, 2.05) is 41.9 Å². The highest BCUT2D eigenvalue weighted by molar-refractivity contribution is 5.88. The van der Waals surface area contributed by atoms with Gasteiger partial charge in [-0.15, -0.1) is 5.10 Å². The average molecular weight is 348 g/mol. The highest BCUT2D eigenvalue weighted by Gasteiger charge is 2.13. The summed E-state index contributed by atoms with van der Waals surface area (Å²) in [6, 6.07) is 13.0. The number of carbonyl (C=O) groups is 1. The Morgan fingerprint density at radius 1 is 1.15 bits per heavy atom. The molecular weight excluding hydrogens is 332 g/mol. The first kappa shape index (κ1) is 15.9. The van der Waals surface area contributed by atoms with Crippen LogP contribution in [0.15, 0.2) is 47.0 Å². The van der Waals surface area contributed by atoms with Crippen molar-refractivity contribution in [2.24, 2.45) is 0 Å². The third-order valence-electron chi connectivity index (χ3n) is 3.95. The third-order valence-corrected chi connectivity index (χ3v) is 3.95. The summed E-state index contributed by atoms with van der Waals surface area (Å²) < 4.78 is 7.21. The summed E-state index contributed by atoms with van der Waals surface area (Å²) in [5.74, 6) is 0.794. The van der Waals surface area contributed by atoms with Crippen LogP contribution in [0, 0.1) is 0 Å². The van der Waals surface area contributed by atoms with Gasteiger partial charge in [0.25, 0.3) is 5.89 Å². The topological polar surface area (TPSA) is 98.7 Å². The van der Waals surface area contributed by atoms with E-state index in [0.717, 1.165) is 28.7 Å². The predicted octanol–water partition coefficient (Wildman–Crippen LogP) is 3.13. The lowest BCUT2D eigenvalue weighted by Gasteiger charge is -2.01. The Hall–Kier alpha value is -3.55. The van der Waals surface area contributed by atoms with Gasteiger partial charge in [-0.3, -0.25) is 4.79 Å². The van der Waals surface area contributed by atoms with Gasteiger partial charge in [0, 0.05) is 30.3 Å². The van der Waals surface area contributed by atoms with Crippen molar-refractivity contribution in [1.82, 2.24) is 25.1 Å². The van der Waals surface area contributed by atoms with Gasteiger partial charge < -0.3 is 9.84 Å². The minimum atomic E-state index is -0.117. The number of carbonyl (C=O) groups excluding carboxylic acids is 1. The van der Waals surface area contributed by atoms with Crippen LogP contribution in [-0.4, -0.2) is 31.0 Å². The average Bonchev–Trinajstić information content (AvgIpc) is 3.28. The second kappa shape index (κ2) is 6.40. The molecule has 130 valence electrons. The van der Waals surface area contributed by atoms with Gasteiger partial charge in [0.2, 0.25) is 11.7 Å². The normalized spacial score (nSPS) is 11.0. The molecule has 0 bridgehead atoms. The quantitative estimate of drug-likeness (QED) is 0.608. The van der Waals surface area contributed by atoms with Crippen molar-refractivity contribution in [3.63, 3.8) is 0 Å². The Labute approximate surface area is 148 Å². The van der Waals surface area contributed by atoms with Crippen molar-refractivity contribution < 1.29 is 9.32 Å². The second-order valence-corrected chi connectivity index (χ2v) is 5.79. The molecule has 0 saturated heterocycles. The monoisotopic (exact) mass is 348 g/mol. The summed E-state index contributed by atoms with van der Waals surface area (Å²) in [6.45, 7) is 4.21. The van der Waals surface area contributed by atoms with E-state index in [9.17, 15) is 4.79 Å². The van der Waals surface area contributed by atoms with Crippen molar-refractivity contribution in [3.05, 3.63) is 42.5 Å². The number of benzene rings is 2. The maximum Gasteiger partial charge on any atom is 0.258 e. The molecule has 0 aliphatic rings. The van der Waals surface area contributed by atoms with Crippen LogP contribution in [0.1, 0.15) is 13.8 Å². The molecule has 2 aromatic carbocycles. The van der Waals surface area contributed by atoms with Gasteiger partial charge in [-0.05, 0) is 49.4 Å². The number of aryl methyl sites for hydroxylation is 1. The molecule has 0 aliphatic carbocycles. The SMILES string of the molecule is CCn1nnc2ccc(-c3noc(-c4ccc(NC(C)=O)cc4)n3)cc21. The van der Waals surface area contributed by atoms with E-state index in [1.165, 1.54) is 6.92 Å². The van der Waals surface area contributed by atoms with Crippen LogP contribution in [0.25, 0.3) is 33.9 Å². The summed E-state index contributed by atoms with van der Waals surface area (Å²) >= 11 is 0. The molecule has 0 radical (unpaired) electrons. The number of anilines is 1. The van der Waals surface area contributed by atoms with Crippen LogP contribution in [0.2, 0.25) is 0 Å². The number of nitrogens with one attached hydrogen (secondary N) is 1. The Morgan fingerprint density at radius 3 is 2.65 bits per heavy atom. The first-order chi connectivity index (χ1) is 12.6. The van der Waals surface area contributed by atoms with Crippen molar-refractivity contribution in [3.8, 4) is 22.8 Å². The highest BCUT2D eigenvalue weighted by atomic mass is 16.5. The summed E-state index contributed by atoms with van der Waals surface area (Å²) in [6.07, 6.45) is 0. The smallest absolute Gasteiger partial charge is 0.258 e. The first-order valence-electron chi connectivity index (χ1n) is 8.19. The summed E-state index contributed by atoms with van der Waals surface area (Å²) in [5.41, 5.74) is 4.08. The fraction of sp³-hybridized carbons (Fsp3) is 0.167. The van der Waals surface area contributed by atoms with E-state index in [1.54, 1.807) is 12.1 Å². The van der Waals surface area contributed by atoms with Crippen LogP contribution < -0.4 is 5.32 Å². The molecule has 0 spiro atoms. The fourth-order valence-corrected chi connectivity index (χ4v) is 2.70. The van der Waals surface area contributed by atoms with Gasteiger partial charge in [0.15, 0.2) is 0 Å². The molecule has 8 heteroatoms.